The molecule has 256 valence electrons. The first-order valence-electron chi connectivity index (χ1n) is 17.4. The summed E-state index contributed by atoms with van der Waals surface area (Å²) >= 11 is 1.39. The molecule has 4 aromatic rings. The number of hydrogen-bond donors (Lipinski definition) is 2. The average Bonchev–Trinajstić information content (AvgIpc) is 3.60. The number of unbranched alkanes of at least 4 members (excludes halogenated alkanes) is 9. The molecule has 0 fully saturated rings. The van der Waals surface area contributed by atoms with Crippen molar-refractivity contribution in [2.24, 2.45) is 0 Å². The maximum atomic E-state index is 12.8. The third-order valence-corrected chi connectivity index (χ3v) is 9.94. The number of rotatable bonds is 19. The first-order chi connectivity index (χ1) is 23.1. The van der Waals surface area contributed by atoms with Crippen molar-refractivity contribution in [2.45, 2.75) is 110 Å². The molecule has 0 aliphatic rings. The summed E-state index contributed by atoms with van der Waals surface area (Å²) in [7, 11) is 0. The maximum absolute atomic E-state index is 12.8. The Bertz CT molecular complexity index is 1560. The molecule has 2 heterocycles. The lowest BCUT2D eigenvalue weighted by molar-refractivity contribution is -0.139. The van der Waals surface area contributed by atoms with Gasteiger partial charge in [-0.15, -0.1) is 11.3 Å². The first kappa shape index (κ1) is 36.8. The number of amides is 1. The molecule has 2 aromatic carbocycles. The predicted molar refractivity (Wildman–Crippen MR) is 196 cm³/mol. The molecular weight excluding hydrogens is 619 g/mol. The molecule has 4 rings (SSSR count). The molecule has 0 spiro atoms. The van der Waals surface area contributed by atoms with Crippen molar-refractivity contribution in [3.63, 3.8) is 0 Å². The highest BCUT2D eigenvalue weighted by Gasteiger charge is 2.24. The van der Waals surface area contributed by atoms with Crippen LogP contribution in [0.5, 0.6) is 5.75 Å². The van der Waals surface area contributed by atoms with E-state index in [9.17, 15) is 14.7 Å². The number of carbonyl (C=O) groups is 2. The van der Waals surface area contributed by atoms with Crippen LogP contribution in [0, 0.1) is 0 Å². The van der Waals surface area contributed by atoms with Gasteiger partial charge < -0.3 is 15.2 Å². The summed E-state index contributed by atoms with van der Waals surface area (Å²) in [6, 6.07) is 18.1. The second kappa shape index (κ2) is 18.5. The van der Waals surface area contributed by atoms with Gasteiger partial charge in [0.25, 0.3) is 5.91 Å². The molecule has 2 N–H and O–H groups in total. The van der Waals surface area contributed by atoms with Crippen LogP contribution in [-0.2, 0) is 16.6 Å². The molecule has 0 saturated carbocycles. The summed E-state index contributed by atoms with van der Waals surface area (Å²) in [5.41, 5.74) is 3.47. The number of carboxylic acids is 1. The minimum atomic E-state index is -1.08. The summed E-state index contributed by atoms with van der Waals surface area (Å²) in [6.45, 7) is 9.25. The molecule has 7 nitrogen and oxygen atoms in total. The van der Waals surface area contributed by atoms with Crippen molar-refractivity contribution in [1.29, 1.82) is 0 Å². The van der Waals surface area contributed by atoms with Gasteiger partial charge in [-0.3, -0.25) is 4.79 Å². The Balaban J connectivity index is 1.22. The fraction of sp³-hybridized carbons (Fsp3) is 0.450. The van der Waals surface area contributed by atoms with Crippen LogP contribution in [0.3, 0.4) is 0 Å². The third kappa shape index (κ3) is 11.6. The highest BCUT2D eigenvalue weighted by molar-refractivity contribution is 7.14. The molecule has 48 heavy (non-hydrogen) atoms. The largest absolute Gasteiger partial charge is 0.494 e. The van der Waals surface area contributed by atoms with E-state index < -0.39 is 12.0 Å². The van der Waals surface area contributed by atoms with E-state index in [1.165, 1.54) is 69.1 Å². The van der Waals surface area contributed by atoms with Gasteiger partial charge in [-0.2, -0.15) is 0 Å². The fourth-order valence-electron chi connectivity index (χ4n) is 5.47. The van der Waals surface area contributed by atoms with Crippen molar-refractivity contribution in [3.8, 4) is 28.3 Å². The molecule has 0 radical (unpaired) electrons. The van der Waals surface area contributed by atoms with E-state index in [0.29, 0.717) is 10.7 Å². The number of nitrogens with one attached hydrogen (secondary N) is 1. The number of nitrogens with zero attached hydrogens (tertiary/aromatic N) is 2. The van der Waals surface area contributed by atoms with Gasteiger partial charge in [0.05, 0.1) is 11.5 Å². The van der Waals surface area contributed by atoms with Crippen LogP contribution in [0.25, 0.3) is 22.5 Å². The highest BCUT2D eigenvalue weighted by atomic mass is 32.1. The molecule has 0 aliphatic carbocycles. The molecule has 0 saturated heterocycles. The van der Waals surface area contributed by atoms with E-state index in [1.807, 2.05) is 67.0 Å². The van der Waals surface area contributed by atoms with Gasteiger partial charge in [-0.1, -0.05) is 122 Å². The van der Waals surface area contributed by atoms with E-state index in [4.69, 9.17) is 4.74 Å². The molecule has 8 heteroatoms. The second-order valence-corrected chi connectivity index (χ2v) is 14.6. The normalized spacial score (nSPS) is 12.1. The molecule has 0 aliphatic heterocycles. The topological polar surface area (TPSA) is 101 Å². The van der Waals surface area contributed by atoms with Crippen LogP contribution in [0.2, 0.25) is 0 Å². The summed E-state index contributed by atoms with van der Waals surface area (Å²) < 4.78 is 5.96. The number of aromatic nitrogens is 2. The summed E-state index contributed by atoms with van der Waals surface area (Å²) in [5, 5.41) is 12.5. The zero-order chi connectivity index (χ0) is 34.4. The zero-order valence-corrected chi connectivity index (χ0v) is 29.8. The molecule has 1 amide bonds. The summed E-state index contributed by atoms with van der Waals surface area (Å²) in [5.74, 6) is 0.00234. The average molecular weight is 670 g/mol. The number of hydrogen-bond acceptors (Lipinski definition) is 6. The lowest BCUT2D eigenvalue weighted by atomic mass is 9.95. The van der Waals surface area contributed by atoms with Crippen molar-refractivity contribution >= 4 is 23.2 Å². The highest BCUT2D eigenvalue weighted by Crippen LogP contribution is 2.29. The molecular formula is C40H51N3O4S. The molecule has 2 aromatic heterocycles. The Morgan fingerprint density at radius 1 is 0.771 bits per heavy atom. The van der Waals surface area contributed by atoms with Crippen molar-refractivity contribution in [3.05, 3.63) is 88.4 Å². The smallest absolute Gasteiger partial charge is 0.326 e. The Kier molecular flexibility index (Phi) is 14.2. The quantitative estimate of drug-likeness (QED) is 0.0964. The number of carboxylic acid groups (broad SMARTS) is 1. The van der Waals surface area contributed by atoms with Gasteiger partial charge in [0.2, 0.25) is 0 Å². The van der Waals surface area contributed by atoms with E-state index >= 15 is 0 Å². The van der Waals surface area contributed by atoms with Crippen molar-refractivity contribution in [2.75, 3.05) is 6.61 Å². The van der Waals surface area contributed by atoms with Crippen LogP contribution in [0.1, 0.15) is 112 Å². The number of ether oxygens (including phenoxy) is 1. The standard InChI is InChI=1S/C40H51N3O4S/c1-5-6-7-8-9-10-11-12-13-14-25-47-33-21-19-30(20-22-33)32-27-41-37(42-28-32)31-17-15-29(16-18-31)26-34(39(45)46)43-38(44)35-23-24-36(48-35)40(2,3)4/h15-24,27-28,34H,5-14,25-26H2,1-4H3,(H,43,44)(H,45,46). The lowest BCUT2D eigenvalue weighted by Gasteiger charge is -2.16. The van der Waals surface area contributed by atoms with Crippen LogP contribution in [-0.4, -0.2) is 39.6 Å². The van der Waals surface area contributed by atoms with Crippen LogP contribution < -0.4 is 10.1 Å². The maximum Gasteiger partial charge on any atom is 0.326 e. The molecule has 0 bridgehead atoms. The van der Waals surface area contributed by atoms with Gasteiger partial charge in [-0.25, -0.2) is 14.8 Å². The SMILES string of the molecule is CCCCCCCCCCCCOc1ccc(-c2cnc(-c3ccc(CC(NC(=O)c4ccc(C(C)(C)C)s4)C(=O)O)cc3)nc2)cc1. The number of benzene rings is 2. The van der Waals surface area contributed by atoms with Crippen molar-refractivity contribution < 1.29 is 19.4 Å². The van der Waals surface area contributed by atoms with Gasteiger partial charge in [-0.05, 0) is 47.2 Å². The lowest BCUT2D eigenvalue weighted by Crippen LogP contribution is -2.42. The van der Waals surface area contributed by atoms with Crippen molar-refractivity contribution in [1.82, 2.24) is 15.3 Å². The molecule has 1 unspecified atom stereocenters. The fourth-order valence-corrected chi connectivity index (χ4v) is 6.43. The Hall–Kier alpha value is -4.04. The van der Waals surface area contributed by atoms with E-state index in [2.05, 4.69) is 43.0 Å². The minimum absolute atomic E-state index is 0.0756. The number of carbonyl (C=O) groups excluding carboxylic acids is 1. The van der Waals surface area contributed by atoms with Gasteiger partial charge in [0.1, 0.15) is 11.8 Å². The van der Waals surface area contributed by atoms with Gasteiger partial charge >= 0.3 is 5.97 Å². The predicted octanol–water partition coefficient (Wildman–Crippen LogP) is 9.90. The minimum Gasteiger partial charge on any atom is -0.494 e. The van der Waals surface area contributed by atoms with E-state index in [-0.39, 0.29) is 17.7 Å². The van der Waals surface area contributed by atoms with Crippen LogP contribution in [0.15, 0.2) is 73.1 Å². The van der Waals surface area contributed by atoms with Gasteiger partial charge in [0.15, 0.2) is 5.82 Å². The van der Waals surface area contributed by atoms with Gasteiger partial charge in [0, 0.05) is 34.8 Å². The Labute approximate surface area is 290 Å². The van der Waals surface area contributed by atoms with Crippen LogP contribution >= 0.6 is 11.3 Å². The Morgan fingerprint density at radius 3 is 1.92 bits per heavy atom. The van der Waals surface area contributed by atoms with Crippen LogP contribution in [0.4, 0.5) is 0 Å². The zero-order valence-electron chi connectivity index (χ0n) is 29.0. The summed E-state index contributed by atoms with van der Waals surface area (Å²) in [4.78, 5) is 35.5. The number of thiophene rings is 1. The monoisotopic (exact) mass is 669 g/mol. The van der Waals surface area contributed by atoms with E-state index in [0.717, 1.165) is 45.9 Å². The third-order valence-electron chi connectivity index (χ3n) is 8.43. The summed E-state index contributed by atoms with van der Waals surface area (Å²) in [6.07, 6.45) is 16.9. The number of aliphatic carboxylic acids is 1. The Morgan fingerprint density at radius 2 is 1.35 bits per heavy atom. The second-order valence-electron chi connectivity index (χ2n) is 13.5. The van der Waals surface area contributed by atoms with E-state index in [1.54, 1.807) is 6.07 Å². The molecule has 1 atom stereocenters. The first-order valence-corrected chi connectivity index (χ1v) is 18.2.